The van der Waals surface area contributed by atoms with E-state index in [9.17, 15) is 0 Å². The number of anilines is 1. The van der Waals surface area contributed by atoms with Crippen LogP contribution >= 0.6 is 24.8 Å². The van der Waals surface area contributed by atoms with Gasteiger partial charge in [-0.05, 0) is 37.2 Å². The Balaban J connectivity index is 0.00000140. The molecule has 7 nitrogen and oxygen atoms in total. The van der Waals surface area contributed by atoms with Gasteiger partial charge in [0.05, 0.1) is 19.3 Å². The molecule has 3 aromatic rings. The number of hydrogen-bond acceptors (Lipinski definition) is 7. The van der Waals surface area contributed by atoms with Crippen LogP contribution in [0.15, 0.2) is 41.2 Å². The summed E-state index contributed by atoms with van der Waals surface area (Å²) < 4.78 is 10.7. The van der Waals surface area contributed by atoms with Crippen LogP contribution in [-0.4, -0.2) is 35.3 Å². The Morgan fingerprint density at radius 2 is 1.89 bits per heavy atom. The second-order valence-electron chi connectivity index (χ2n) is 6.16. The lowest BCUT2D eigenvalue weighted by molar-refractivity contribution is 0.414. The summed E-state index contributed by atoms with van der Waals surface area (Å²) in [6.07, 6.45) is 3.48. The Bertz CT molecular complexity index is 886. The van der Waals surface area contributed by atoms with Crippen molar-refractivity contribution >= 4 is 30.6 Å². The van der Waals surface area contributed by atoms with Gasteiger partial charge >= 0.3 is 0 Å². The first-order valence-electron chi connectivity index (χ1n) is 8.71. The molecule has 150 valence electrons. The molecule has 1 aliphatic rings. The SMILES string of the molecule is COc1ccc(-c2cc(CNc3ncnc4c3CCNCC4)no2)cc1.Cl.Cl. The molecule has 0 unspecified atom stereocenters. The van der Waals surface area contributed by atoms with Crippen molar-refractivity contribution in [3.63, 3.8) is 0 Å². The molecule has 1 aromatic carbocycles. The monoisotopic (exact) mass is 423 g/mol. The van der Waals surface area contributed by atoms with E-state index in [1.165, 1.54) is 5.56 Å². The van der Waals surface area contributed by atoms with E-state index < -0.39 is 0 Å². The maximum Gasteiger partial charge on any atom is 0.167 e. The molecule has 0 fully saturated rings. The fraction of sp³-hybridized carbons (Fsp3) is 0.316. The molecule has 0 atom stereocenters. The zero-order chi connectivity index (χ0) is 17.8. The smallest absolute Gasteiger partial charge is 0.167 e. The van der Waals surface area contributed by atoms with E-state index in [2.05, 4.69) is 25.8 Å². The van der Waals surface area contributed by atoms with Crippen molar-refractivity contribution in [2.24, 2.45) is 0 Å². The zero-order valence-electron chi connectivity index (χ0n) is 15.5. The van der Waals surface area contributed by atoms with E-state index in [1.54, 1.807) is 13.4 Å². The molecule has 0 amide bonds. The lowest BCUT2D eigenvalue weighted by Gasteiger charge is -2.10. The predicted octanol–water partition coefficient (Wildman–Crippen LogP) is 3.28. The van der Waals surface area contributed by atoms with Gasteiger partial charge in [0.1, 0.15) is 23.6 Å². The Kier molecular flexibility index (Phi) is 8.04. The molecule has 0 spiro atoms. The van der Waals surface area contributed by atoms with Crippen LogP contribution in [0.2, 0.25) is 0 Å². The van der Waals surface area contributed by atoms with Crippen LogP contribution in [0.1, 0.15) is 17.0 Å². The van der Waals surface area contributed by atoms with Crippen LogP contribution in [0, 0.1) is 0 Å². The molecule has 0 saturated heterocycles. The number of halogens is 2. The standard InChI is InChI=1S/C19H21N5O2.2ClH/c1-25-15-4-2-13(3-5-15)18-10-14(24-26-18)11-21-19-16-6-8-20-9-7-17(16)22-12-23-19;;/h2-5,10,12,20H,6-9,11H2,1H3,(H,21,22,23);2*1H. The quantitative estimate of drug-likeness (QED) is 0.650. The summed E-state index contributed by atoms with van der Waals surface area (Å²) in [5.41, 5.74) is 4.10. The summed E-state index contributed by atoms with van der Waals surface area (Å²) in [5.74, 6) is 2.43. The number of methoxy groups -OCH3 is 1. The van der Waals surface area contributed by atoms with Gasteiger partial charge in [0, 0.05) is 30.2 Å². The van der Waals surface area contributed by atoms with E-state index in [0.717, 1.165) is 60.2 Å². The summed E-state index contributed by atoms with van der Waals surface area (Å²) >= 11 is 0. The highest BCUT2D eigenvalue weighted by Crippen LogP contribution is 2.24. The molecule has 3 heterocycles. The number of benzene rings is 1. The fourth-order valence-electron chi connectivity index (χ4n) is 3.09. The van der Waals surface area contributed by atoms with Crippen molar-refractivity contribution < 1.29 is 9.26 Å². The minimum absolute atomic E-state index is 0. The van der Waals surface area contributed by atoms with Gasteiger partial charge in [-0.15, -0.1) is 24.8 Å². The Labute approximate surface area is 176 Å². The minimum Gasteiger partial charge on any atom is -0.497 e. The van der Waals surface area contributed by atoms with E-state index in [-0.39, 0.29) is 24.8 Å². The number of ether oxygens (including phenoxy) is 1. The third-order valence-electron chi connectivity index (χ3n) is 4.50. The van der Waals surface area contributed by atoms with E-state index in [1.807, 2.05) is 30.3 Å². The van der Waals surface area contributed by atoms with Crippen molar-refractivity contribution in [1.29, 1.82) is 0 Å². The Hall–Kier alpha value is -2.35. The van der Waals surface area contributed by atoms with E-state index in [0.29, 0.717) is 6.54 Å². The van der Waals surface area contributed by atoms with E-state index >= 15 is 0 Å². The largest absolute Gasteiger partial charge is 0.497 e. The van der Waals surface area contributed by atoms with Crippen molar-refractivity contribution in [2.45, 2.75) is 19.4 Å². The normalized spacial score (nSPS) is 12.8. The van der Waals surface area contributed by atoms with Gasteiger partial charge in [-0.2, -0.15) is 0 Å². The maximum absolute atomic E-state index is 5.47. The molecular weight excluding hydrogens is 401 g/mol. The Morgan fingerprint density at radius 3 is 2.68 bits per heavy atom. The van der Waals surface area contributed by atoms with Gasteiger partial charge < -0.3 is 19.9 Å². The number of hydrogen-bond donors (Lipinski definition) is 2. The highest BCUT2D eigenvalue weighted by atomic mass is 35.5. The molecule has 4 rings (SSSR count). The van der Waals surface area contributed by atoms with E-state index in [4.69, 9.17) is 9.26 Å². The number of nitrogens with one attached hydrogen (secondary N) is 2. The zero-order valence-corrected chi connectivity index (χ0v) is 17.1. The van der Waals surface area contributed by atoms with Crippen LogP contribution in [0.3, 0.4) is 0 Å². The van der Waals surface area contributed by atoms with Gasteiger partial charge in [-0.25, -0.2) is 9.97 Å². The maximum atomic E-state index is 5.47. The summed E-state index contributed by atoms with van der Waals surface area (Å²) in [6, 6.07) is 9.65. The number of nitrogens with zero attached hydrogens (tertiary/aromatic N) is 3. The molecule has 2 N–H and O–H groups in total. The van der Waals surface area contributed by atoms with Crippen LogP contribution in [0.4, 0.5) is 5.82 Å². The Morgan fingerprint density at radius 1 is 1.11 bits per heavy atom. The van der Waals surface area contributed by atoms with Crippen LogP contribution in [-0.2, 0) is 19.4 Å². The summed E-state index contributed by atoms with van der Waals surface area (Å²) in [4.78, 5) is 8.83. The van der Waals surface area contributed by atoms with Crippen LogP contribution < -0.4 is 15.4 Å². The number of fused-ring (bicyclic) bond motifs is 1. The predicted molar refractivity (Wildman–Crippen MR) is 113 cm³/mol. The lowest BCUT2D eigenvalue weighted by atomic mass is 10.1. The van der Waals surface area contributed by atoms with Crippen LogP contribution in [0.5, 0.6) is 5.75 Å². The highest BCUT2D eigenvalue weighted by molar-refractivity contribution is 5.85. The van der Waals surface area contributed by atoms with Gasteiger partial charge in [-0.1, -0.05) is 5.16 Å². The molecule has 0 saturated carbocycles. The van der Waals surface area contributed by atoms with Crippen molar-refractivity contribution in [3.8, 4) is 17.1 Å². The molecular formula is C19H23Cl2N5O2. The first-order chi connectivity index (χ1) is 12.8. The summed E-state index contributed by atoms with van der Waals surface area (Å²) in [7, 11) is 1.65. The molecule has 0 bridgehead atoms. The average molecular weight is 424 g/mol. The molecule has 2 aromatic heterocycles. The van der Waals surface area contributed by atoms with Crippen molar-refractivity contribution in [2.75, 3.05) is 25.5 Å². The molecule has 28 heavy (non-hydrogen) atoms. The molecule has 0 aliphatic carbocycles. The fourth-order valence-corrected chi connectivity index (χ4v) is 3.09. The summed E-state index contributed by atoms with van der Waals surface area (Å²) in [5, 5.41) is 10.9. The topological polar surface area (TPSA) is 85.1 Å². The second-order valence-corrected chi connectivity index (χ2v) is 6.16. The van der Waals surface area contributed by atoms with Gasteiger partial charge in [0.15, 0.2) is 5.76 Å². The third kappa shape index (κ3) is 4.92. The second kappa shape index (κ2) is 10.3. The van der Waals surface area contributed by atoms with Crippen molar-refractivity contribution in [1.82, 2.24) is 20.4 Å². The third-order valence-corrected chi connectivity index (χ3v) is 4.50. The number of rotatable bonds is 5. The molecule has 0 radical (unpaired) electrons. The average Bonchev–Trinajstić information content (AvgIpc) is 3.03. The van der Waals surface area contributed by atoms with Crippen molar-refractivity contribution in [3.05, 3.63) is 53.6 Å². The van der Waals surface area contributed by atoms with Gasteiger partial charge in [-0.3, -0.25) is 0 Å². The minimum atomic E-state index is 0. The van der Waals surface area contributed by atoms with Gasteiger partial charge in [0.25, 0.3) is 0 Å². The highest BCUT2D eigenvalue weighted by Gasteiger charge is 2.14. The number of aromatic nitrogens is 3. The van der Waals surface area contributed by atoms with Crippen LogP contribution in [0.25, 0.3) is 11.3 Å². The molecule has 9 heteroatoms. The summed E-state index contributed by atoms with van der Waals surface area (Å²) in [6.45, 7) is 2.45. The molecule has 1 aliphatic heterocycles. The first kappa shape index (κ1) is 21.9. The lowest BCUT2D eigenvalue weighted by Crippen LogP contribution is -2.16. The van der Waals surface area contributed by atoms with Gasteiger partial charge in [0.2, 0.25) is 0 Å². The first-order valence-corrected chi connectivity index (χ1v) is 8.71.